The summed E-state index contributed by atoms with van der Waals surface area (Å²) in [6.45, 7) is 4.04. The Labute approximate surface area is 175 Å². The molecule has 0 saturated carbocycles. The van der Waals surface area contributed by atoms with E-state index in [2.05, 4.69) is 15.6 Å². The lowest BCUT2D eigenvalue weighted by Gasteiger charge is -2.25. The van der Waals surface area contributed by atoms with Gasteiger partial charge in [-0.25, -0.2) is 4.79 Å². The Morgan fingerprint density at radius 3 is 2.52 bits per heavy atom. The minimum absolute atomic E-state index is 0.0117. The van der Waals surface area contributed by atoms with Crippen LogP contribution in [0.3, 0.4) is 0 Å². The second-order valence-corrected chi connectivity index (χ2v) is 7.74. The van der Waals surface area contributed by atoms with Gasteiger partial charge in [-0.3, -0.25) is 14.6 Å². The topological polar surface area (TPSA) is 91.4 Å². The summed E-state index contributed by atoms with van der Waals surface area (Å²) in [4.78, 5) is 41.9. The lowest BCUT2D eigenvalue weighted by molar-refractivity contribution is -0.117. The number of rotatable bonds is 9. The van der Waals surface area contributed by atoms with E-state index in [-0.39, 0.29) is 17.1 Å². The van der Waals surface area contributed by atoms with Crippen molar-refractivity contribution in [1.82, 2.24) is 15.2 Å². The Kier molecular flexibility index (Phi) is 9.17. The van der Waals surface area contributed by atoms with E-state index in [1.54, 1.807) is 30.2 Å². The number of urea groups is 1. The van der Waals surface area contributed by atoms with Gasteiger partial charge in [0.25, 0.3) is 0 Å². The van der Waals surface area contributed by atoms with Crippen LogP contribution in [0.15, 0.2) is 54.9 Å². The van der Waals surface area contributed by atoms with E-state index in [1.807, 2.05) is 30.3 Å². The van der Waals surface area contributed by atoms with Gasteiger partial charge in [-0.1, -0.05) is 42.1 Å². The molecule has 2 rings (SSSR count). The van der Waals surface area contributed by atoms with Crippen LogP contribution in [-0.2, 0) is 16.0 Å². The van der Waals surface area contributed by atoms with Gasteiger partial charge in [-0.15, -0.1) is 0 Å². The van der Waals surface area contributed by atoms with Crippen LogP contribution in [0, 0.1) is 0 Å². The number of thioether (sulfide) groups is 1. The average Bonchev–Trinajstić information content (AvgIpc) is 2.71. The highest BCUT2D eigenvalue weighted by molar-refractivity contribution is 8.13. The lowest BCUT2D eigenvalue weighted by Crippen LogP contribution is -2.49. The summed E-state index contributed by atoms with van der Waals surface area (Å²) in [5.74, 6) is 0.181. The molecule has 1 aromatic carbocycles. The quantitative estimate of drug-likeness (QED) is 0.658. The maximum absolute atomic E-state index is 12.7. The zero-order valence-corrected chi connectivity index (χ0v) is 17.4. The number of carbonyl (C=O) groups is 3. The fourth-order valence-corrected chi connectivity index (χ4v) is 3.15. The van der Waals surface area contributed by atoms with Crippen LogP contribution in [0.25, 0.3) is 0 Å². The highest BCUT2D eigenvalue weighted by Crippen LogP contribution is 2.07. The maximum atomic E-state index is 12.7. The number of pyridine rings is 1. The van der Waals surface area contributed by atoms with Gasteiger partial charge >= 0.3 is 6.03 Å². The summed E-state index contributed by atoms with van der Waals surface area (Å²) >= 11 is 1.18. The molecule has 2 aromatic rings. The molecule has 0 aliphatic heterocycles. The number of nitrogens with one attached hydrogen (secondary N) is 2. The molecule has 0 aliphatic carbocycles. The van der Waals surface area contributed by atoms with E-state index in [1.165, 1.54) is 24.9 Å². The van der Waals surface area contributed by atoms with Crippen LogP contribution in [0.2, 0.25) is 0 Å². The SMILES string of the molecule is CC(=O)SCCN(CCc1ccccc1)C(=O)N[C@@H](C)C(=O)Nc1cccnc1. The molecule has 7 nitrogen and oxygen atoms in total. The van der Waals surface area contributed by atoms with Crippen LogP contribution >= 0.6 is 11.8 Å². The molecular weight excluding hydrogens is 388 g/mol. The van der Waals surface area contributed by atoms with Crippen molar-refractivity contribution in [3.8, 4) is 0 Å². The molecule has 2 N–H and O–H groups in total. The van der Waals surface area contributed by atoms with Gasteiger partial charge in [0.15, 0.2) is 5.12 Å². The second-order valence-electron chi connectivity index (χ2n) is 6.46. The first kappa shape index (κ1) is 22.4. The van der Waals surface area contributed by atoms with Crippen molar-refractivity contribution in [1.29, 1.82) is 0 Å². The Hall–Kier alpha value is -2.87. The number of hydrogen-bond acceptors (Lipinski definition) is 5. The lowest BCUT2D eigenvalue weighted by atomic mass is 10.1. The summed E-state index contributed by atoms with van der Waals surface area (Å²) in [5.41, 5.74) is 1.68. The molecule has 1 heterocycles. The number of benzene rings is 1. The van der Waals surface area contributed by atoms with Crippen molar-refractivity contribution in [3.63, 3.8) is 0 Å². The second kappa shape index (κ2) is 11.9. The van der Waals surface area contributed by atoms with E-state index in [4.69, 9.17) is 0 Å². The Balaban J connectivity index is 1.93. The van der Waals surface area contributed by atoms with Crippen molar-refractivity contribution in [2.24, 2.45) is 0 Å². The van der Waals surface area contributed by atoms with Crippen molar-refractivity contribution in [3.05, 3.63) is 60.4 Å². The Morgan fingerprint density at radius 2 is 1.86 bits per heavy atom. The summed E-state index contributed by atoms with van der Waals surface area (Å²) in [5, 5.41) is 5.46. The Bertz CT molecular complexity index is 802. The molecule has 0 spiro atoms. The van der Waals surface area contributed by atoms with Crippen molar-refractivity contribution >= 4 is 34.5 Å². The summed E-state index contributed by atoms with van der Waals surface area (Å²) in [7, 11) is 0. The molecule has 0 aliphatic rings. The van der Waals surface area contributed by atoms with Gasteiger partial charge < -0.3 is 15.5 Å². The van der Waals surface area contributed by atoms with Gasteiger partial charge in [-0.05, 0) is 31.0 Å². The molecule has 29 heavy (non-hydrogen) atoms. The van der Waals surface area contributed by atoms with Gasteiger partial charge in [0.05, 0.1) is 11.9 Å². The summed E-state index contributed by atoms with van der Waals surface area (Å²) < 4.78 is 0. The molecule has 3 amide bonds. The molecule has 0 unspecified atom stereocenters. The number of anilines is 1. The van der Waals surface area contributed by atoms with Gasteiger partial charge in [0.1, 0.15) is 6.04 Å². The van der Waals surface area contributed by atoms with Crippen LogP contribution in [-0.4, -0.2) is 51.8 Å². The van der Waals surface area contributed by atoms with Crippen LogP contribution in [0.1, 0.15) is 19.4 Å². The van der Waals surface area contributed by atoms with E-state index in [0.717, 1.165) is 5.56 Å². The molecule has 0 saturated heterocycles. The fraction of sp³-hybridized carbons (Fsp3) is 0.333. The smallest absolute Gasteiger partial charge is 0.318 e. The minimum atomic E-state index is -0.720. The molecule has 1 atom stereocenters. The first-order valence-electron chi connectivity index (χ1n) is 9.39. The number of carbonyl (C=O) groups excluding carboxylic acids is 3. The predicted molar refractivity (Wildman–Crippen MR) is 116 cm³/mol. The molecule has 154 valence electrons. The Morgan fingerprint density at radius 1 is 1.10 bits per heavy atom. The van der Waals surface area contributed by atoms with Gasteiger partial charge in [0.2, 0.25) is 5.91 Å². The van der Waals surface area contributed by atoms with E-state index in [0.29, 0.717) is 31.0 Å². The van der Waals surface area contributed by atoms with E-state index >= 15 is 0 Å². The summed E-state index contributed by atoms with van der Waals surface area (Å²) in [6.07, 6.45) is 3.84. The third-order valence-corrected chi connectivity index (χ3v) is 4.92. The first-order valence-corrected chi connectivity index (χ1v) is 10.4. The van der Waals surface area contributed by atoms with Crippen LogP contribution < -0.4 is 10.6 Å². The largest absolute Gasteiger partial charge is 0.326 e. The molecule has 0 radical (unpaired) electrons. The zero-order chi connectivity index (χ0) is 21.1. The molecule has 1 aromatic heterocycles. The average molecular weight is 415 g/mol. The normalized spacial score (nSPS) is 11.4. The van der Waals surface area contributed by atoms with Crippen LogP contribution in [0.5, 0.6) is 0 Å². The zero-order valence-electron chi connectivity index (χ0n) is 16.6. The fourth-order valence-electron chi connectivity index (χ4n) is 2.55. The van der Waals surface area contributed by atoms with Gasteiger partial charge in [-0.2, -0.15) is 0 Å². The molecule has 8 heteroatoms. The van der Waals surface area contributed by atoms with Crippen LogP contribution in [0.4, 0.5) is 10.5 Å². The number of amides is 3. The summed E-state index contributed by atoms with van der Waals surface area (Å²) in [6, 6.07) is 12.3. The predicted octanol–water partition coefficient (Wildman–Crippen LogP) is 2.94. The third-order valence-electron chi connectivity index (χ3n) is 4.13. The van der Waals surface area contributed by atoms with E-state index in [9.17, 15) is 14.4 Å². The van der Waals surface area contributed by atoms with Gasteiger partial charge in [0, 0.05) is 32.0 Å². The number of nitrogens with zero attached hydrogens (tertiary/aromatic N) is 2. The number of aromatic nitrogens is 1. The number of hydrogen-bond donors (Lipinski definition) is 2. The highest BCUT2D eigenvalue weighted by Gasteiger charge is 2.20. The standard InChI is InChI=1S/C21H26N4O3S/c1-16(20(27)24-19-9-6-11-22-15-19)23-21(28)25(13-14-29-17(2)26)12-10-18-7-4-3-5-8-18/h3-9,11,15-16H,10,12-14H2,1-2H3,(H,23,28)(H,24,27)/t16-/m0/s1. The molecule has 0 fully saturated rings. The van der Waals surface area contributed by atoms with Crippen molar-refractivity contribution < 1.29 is 14.4 Å². The maximum Gasteiger partial charge on any atom is 0.318 e. The first-order chi connectivity index (χ1) is 14.0. The van der Waals surface area contributed by atoms with Crippen molar-refractivity contribution in [2.45, 2.75) is 26.3 Å². The highest BCUT2D eigenvalue weighted by atomic mass is 32.2. The monoisotopic (exact) mass is 414 g/mol. The molecule has 0 bridgehead atoms. The van der Waals surface area contributed by atoms with E-state index < -0.39 is 6.04 Å². The molecular formula is C21H26N4O3S. The minimum Gasteiger partial charge on any atom is -0.326 e. The van der Waals surface area contributed by atoms with Crippen molar-refractivity contribution in [2.75, 3.05) is 24.2 Å². The third kappa shape index (κ3) is 8.35.